The SMILES string of the molecule is COc1cc(-n2ncc3c(Nc4nc(CC5CC5)nc5c4cnn5C4CC4)cccc32)cc(OC)c1OC. The number of nitrogens with one attached hydrogen (secondary N) is 1. The molecule has 1 N–H and O–H groups in total. The average Bonchev–Trinajstić information content (AvgIpc) is 3.87. The van der Waals surface area contributed by atoms with E-state index in [2.05, 4.69) is 15.1 Å². The first-order valence-corrected chi connectivity index (χ1v) is 12.9. The molecule has 0 radical (unpaired) electrons. The molecule has 0 amide bonds. The van der Waals surface area contributed by atoms with E-state index in [4.69, 9.17) is 29.3 Å². The highest BCUT2D eigenvalue weighted by Crippen LogP contribution is 2.41. The lowest BCUT2D eigenvalue weighted by Gasteiger charge is -2.15. The molecule has 0 atom stereocenters. The molecule has 3 heterocycles. The van der Waals surface area contributed by atoms with Crippen molar-refractivity contribution >= 4 is 33.4 Å². The van der Waals surface area contributed by atoms with Gasteiger partial charge in [0.15, 0.2) is 17.1 Å². The molecule has 2 aromatic carbocycles. The normalized spacial score (nSPS) is 15.2. The Morgan fingerprint density at radius 3 is 2.34 bits per heavy atom. The van der Waals surface area contributed by atoms with Crippen molar-refractivity contribution in [1.82, 2.24) is 29.5 Å². The maximum Gasteiger partial charge on any atom is 0.203 e. The van der Waals surface area contributed by atoms with Crippen LogP contribution in [-0.2, 0) is 6.42 Å². The lowest BCUT2D eigenvalue weighted by atomic mass is 10.2. The van der Waals surface area contributed by atoms with Crippen molar-refractivity contribution in [2.75, 3.05) is 26.6 Å². The van der Waals surface area contributed by atoms with Crippen LogP contribution in [0.25, 0.3) is 27.6 Å². The third-order valence-corrected chi connectivity index (χ3v) is 7.32. The van der Waals surface area contributed by atoms with Gasteiger partial charge in [-0.25, -0.2) is 19.3 Å². The number of nitrogens with zero attached hydrogens (tertiary/aromatic N) is 6. The number of rotatable bonds is 9. The molecule has 2 saturated carbocycles. The summed E-state index contributed by atoms with van der Waals surface area (Å²) in [4.78, 5) is 9.89. The second-order valence-electron chi connectivity index (χ2n) is 10.00. The van der Waals surface area contributed by atoms with Crippen molar-refractivity contribution in [1.29, 1.82) is 0 Å². The van der Waals surface area contributed by atoms with E-state index in [1.54, 1.807) is 21.3 Å². The van der Waals surface area contributed by atoms with Crippen LogP contribution >= 0.6 is 0 Å². The van der Waals surface area contributed by atoms with Gasteiger partial charge in [0.1, 0.15) is 11.6 Å². The molecular formula is C28H29N7O3. The zero-order valence-electron chi connectivity index (χ0n) is 21.6. The summed E-state index contributed by atoms with van der Waals surface area (Å²) < 4.78 is 20.5. The van der Waals surface area contributed by atoms with Gasteiger partial charge in [-0.2, -0.15) is 10.2 Å². The van der Waals surface area contributed by atoms with E-state index in [0.717, 1.165) is 64.2 Å². The van der Waals surface area contributed by atoms with Crippen LogP contribution in [0.2, 0.25) is 0 Å². The van der Waals surface area contributed by atoms with Crippen molar-refractivity contribution in [2.24, 2.45) is 5.92 Å². The number of hydrogen-bond donors (Lipinski definition) is 1. The van der Waals surface area contributed by atoms with Crippen LogP contribution in [-0.4, -0.2) is 50.9 Å². The summed E-state index contributed by atoms with van der Waals surface area (Å²) in [6.07, 6.45) is 9.47. The second-order valence-corrected chi connectivity index (χ2v) is 10.00. The Labute approximate surface area is 219 Å². The Bertz CT molecular complexity index is 1640. The van der Waals surface area contributed by atoms with Crippen molar-refractivity contribution in [3.05, 3.63) is 48.5 Å². The van der Waals surface area contributed by atoms with Gasteiger partial charge >= 0.3 is 0 Å². The van der Waals surface area contributed by atoms with Crippen LogP contribution in [0.15, 0.2) is 42.7 Å². The topological polar surface area (TPSA) is 101 Å². The molecule has 3 aromatic heterocycles. The van der Waals surface area contributed by atoms with Crippen molar-refractivity contribution in [2.45, 2.75) is 38.1 Å². The predicted molar refractivity (Wildman–Crippen MR) is 144 cm³/mol. The predicted octanol–water partition coefficient (Wildman–Crippen LogP) is 5.22. The summed E-state index contributed by atoms with van der Waals surface area (Å²) in [5.74, 6) is 4.03. The number of methoxy groups -OCH3 is 3. The molecule has 38 heavy (non-hydrogen) atoms. The average molecular weight is 512 g/mol. The summed E-state index contributed by atoms with van der Waals surface area (Å²) in [6, 6.07) is 10.3. The molecule has 7 rings (SSSR count). The van der Waals surface area contributed by atoms with Crippen LogP contribution in [0, 0.1) is 5.92 Å². The van der Waals surface area contributed by atoms with E-state index in [-0.39, 0.29) is 0 Å². The van der Waals surface area contributed by atoms with Gasteiger partial charge in [-0.05, 0) is 43.7 Å². The van der Waals surface area contributed by atoms with Crippen molar-refractivity contribution in [3.8, 4) is 22.9 Å². The Hall–Kier alpha value is -4.34. The molecule has 0 unspecified atom stereocenters. The Morgan fingerprint density at radius 1 is 0.895 bits per heavy atom. The van der Waals surface area contributed by atoms with Gasteiger partial charge in [-0.1, -0.05) is 6.07 Å². The fourth-order valence-electron chi connectivity index (χ4n) is 5.01. The fraction of sp³-hybridized carbons (Fsp3) is 0.357. The van der Waals surface area contributed by atoms with E-state index in [1.807, 2.05) is 47.4 Å². The summed E-state index contributed by atoms with van der Waals surface area (Å²) in [7, 11) is 4.81. The summed E-state index contributed by atoms with van der Waals surface area (Å²) in [5.41, 5.74) is 3.56. The molecule has 0 saturated heterocycles. The molecule has 194 valence electrons. The van der Waals surface area contributed by atoms with Gasteiger partial charge in [0.25, 0.3) is 0 Å². The zero-order valence-corrected chi connectivity index (χ0v) is 21.6. The molecule has 0 spiro atoms. The third kappa shape index (κ3) is 3.87. The van der Waals surface area contributed by atoms with E-state index in [9.17, 15) is 0 Å². The highest BCUT2D eigenvalue weighted by atomic mass is 16.5. The van der Waals surface area contributed by atoms with Gasteiger partial charge in [-0.3, -0.25) is 0 Å². The number of benzene rings is 2. The first-order chi connectivity index (χ1) is 18.7. The lowest BCUT2D eigenvalue weighted by molar-refractivity contribution is 0.324. The minimum atomic E-state index is 0.448. The largest absolute Gasteiger partial charge is 0.493 e. The minimum absolute atomic E-state index is 0.448. The highest BCUT2D eigenvalue weighted by Gasteiger charge is 2.29. The van der Waals surface area contributed by atoms with E-state index < -0.39 is 0 Å². The Morgan fingerprint density at radius 2 is 1.66 bits per heavy atom. The maximum absolute atomic E-state index is 5.56. The highest BCUT2D eigenvalue weighted by molar-refractivity contribution is 5.97. The molecule has 2 fully saturated rings. The maximum atomic E-state index is 5.56. The van der Waals surface area contributed by atoms with Crippen LogP contribution in [0.4, 0.5) is 11.5 Å². The third-order valence-electron chi connectivity index (χ3n) is 7.32. The number of aromatic nitrogens is 6. The van der Waals surface area contributed by atoms with E-state index in [0.29, 0.717) is 29.2 Å². The van der Waals surface area contributed by atoms with Crippen LogP contribution in [0.5, 0.6) is 17.2 Å². The lowest BCUT2D eigenvalue weighted by Crippen LogP contribution is -2.05. The van der Waals surface area contributed by atoms with Crippen molar-refractivity contribution < 1.29 is 14.2 Å². The van der Waals surface area contributed by atoms with Gasteiger partial charge in [-0.15, -0.1) is 0 Å². The molecule has 5 aromatic rings. The van der Waals surface area contributed by atoms with Crippen LogP contribution in [0.3, 0.4) is 0 Å². The van der Waals surface area contributed by atoms with Gasteiger partial charge in [0.2, 0.25) is 5.75 Å². The quantitative estimate of drug-likeness (QED) is 0.287. The Balaban J connectivity index is 1.31. The first-order valence-electron chi connectivity index (χ1n) is 12.9. The Kier molecular flexibility index (Phi) is 5.34. The minimum Gasteiger partial charge on any atom is -0.493 e. The summed E-state index contributed by atoms with van der Waals surface area (Å²) >= 11 is 0. The number of fused-ring (bicyclic) bond motifs is 2. The molecule has 2 aliphatic carbocycles. The van der Waals surface area contributed by atoms with E-state index in [1.165, 1.54) is 12.8 Å². The fourth-order valence-corrected chi connectivity index (χ4v) is 5.01. The molecule has 10 nitrogen and oxygen atoms in total. The molecule has 0 aliphatic heterocycles. The molecule has 2 aliphatic rings. The van der Waals surface area contributed by atoms with Gasteiger partial charge < -0.3 is 19.5 Å². The molecular weight excluding hydrogens is 482 g/mol. The smallest absolute Gasteiger partial charge is 0.203 e. The van der Waals surface area contributed by atoms with Gasteiger partial charge in [0.05, 0.1) is 62.0 Å². The monoisotopic (exact) mass is 511 g/mol. The number of ether oxygens (including phenoxy) is 3. The summed E-state index contributed by atoms with van der Waals surface area (Å²) in [5, 5.41) is 14.9. The van der Waals surface area contributed by atoms with Gasteiger partial charge in [0, 0.05) is 23.9 Å². The zero-order chi connectivity index (χ0) is 25.8. The standard InChI is InChI=1S/C28H29N7O3/c1-36-23-12-18(13-24(37-2)26(23)38-3)34-22-6-4-5-21(19(22)14-29-34)31-27-20-15-30-35(17-9-10-17)28(20)33-25(32-27)11-16-7-8-16/h4-6,12-17H,7-11H2,1-3H3,(H,31,32,33). The first kappa shape index (κ1) is 22.8. The van der Waals surface area contributed by atoms with Crippen LogP contribution in [0.1, 0.15) is 37.5 Å². The number of hydrogen-bond acceptors (Lipinski definition) is 8. The molecule has 0 bridgehead atoms. The second kappa shape index (κ2) is 8.90. The van der Waals surface area contributed by atoms with Crippen LogP contribution < -0.4 is 19.5 Å². The van der Waals surface area contributed by atoms with E-state index >= 15 is 0 Å². The number of anilines is 2. The summed E-state index contributed by atoms with van der Waals surface area (Å²) in [6.45, 7) is 0. The molecule has 10 heteroatoms. The van der Waals surface area contributed by atoms with Crippen molar-refractivity contribution in [3.63, 3.8) is 0 Å².